The third kappa shape index (κ3) is 4.91. The molecule has 6 heteroatoms. The molecule has 0 saturated heterocycles. The van der Waals surface area contributed by atoms with E-state index in [0.717, 1.165) is 0 Å². The van der Waals surface area contributed by atoms with Crippen LogP contribution < -0.4 is 20.5 Å². The molecule has 0 aliphatic heterocycles. The summed E-state index contributed by atoms with van der Waals surface area (Å²) >= 11 is 0. The van der Waals surface area contributed by atoms with E-state index in [1.807, 2.05) is 13.8 Å². The van der Waals surface area contributed by atoms with Crippen molar-refractivity contribution in [3.63, 3.8) is 0 Å². The maximum atomic E-state index is 12.2. The summed E-state index contributed by atoms with van der Waals surface area (Å²) in [6.07, 6.45) is 0. The summed E-state index contributed by atoms with van der Waals surface area (Å²) in [5.74, 6) is 0.817. The zero-order valence-corrected chi connectivity index (χ0v) is 12.8. The van der Waals surface area contributed by atoms with E-state index in [1.54, 1.807) is 18.2 Å². The topological polar surface area (TPSA) is 93.8 Å². The van der Waals surface area contributed by atoms with Gasteiger partial charge in [0.2, 0.25) is 5.91 Å². The molecule has 0 aliphatic carbocycles. The molecule has 1 atom stereocenters. The van der Waals surface area contributed by atoms with Gasteiger partial charge in [0.05, 0.1) is 19.6 Å². The highest BCUT2D eigenvalue weighted by molar-refractivity contribution is 5.93. The molecule has 1 aromatic rings. The zero-order valence-electron chi connectivity index (χ0n) is 12.8. The molecule has 1 aromatic carbocycles. The van der Waals surface area contributed by atoms with Gasteiger partial charge in [0.25, 0.3) is 0 Å². The fourth-order valence-electron chi connectivity index (χ4n) is 1.94. The normalized spacial score (nSPS) is 12.1. The van der Waals surface area contributed by atoms with Crippen LogP contribution >= 0.6 is 0 Å². The highest BCUT2D eigenvalue weighted by Gasteiger charge is 2.20. The average Bonchev–Trinajstić information content (AvgIpc) is 2.45. The van der Waals surface area contributed by atoms with Crippen LogP contribution in [-0.4, -0.2) is 37.9 Å². The van der Waals surface area contributed by atoms with Crippen LogP contribution in [-0.2, 0) is 4.79 Å². The molecule has 0 aromatic heterocycles. The van der Waals surface area contributed by atoms with E-state index in [4.69, 9.17) is 20.3 Å². The lowest BCUT2D eigenvalue weighted by Gasteiger charge is -2.19. The molecule has 21 heavy (non-hydrogen) atoms. The van der Waals surface area contributed by atoms with Crippen molar-refractivity contribution in [2.45, 2.75) is 13.8 Å². The average molecular weight is 296 g/mol. The third-order valence-electron chi connectivity index (χ3n) is 3.18. The number of hydrogen-bond acceptors (Lipinski definition) is 5. The van der Waals surface area contributed by atoms with E-state index in [9.17, 15) is 4.79 Å². The van der Waals surface area contributed by atoms with Gasteiger partial charge in [0.1, 0.15) is 6.61 Å². The van der Waals surface area contributed by atoms with Gasteiger partial charge in [0, 0.05) is 18.3 Å². The number of carbonyl (C=O) groups is 1. The second kappa shape index (κ2) is 8.49. The first-order valence-corrected chi connectivity index (χ1v) is 6.96. The quantitative estimate of drug-likeness (QED) is 0.671. The summed E-state index contributed by atoms with van der Waals surface area (Å²) in [5, 5.41) is 11.6. The van der Waals surface area contributed by atoms with E-state index in [-0.39, 0.29) is 31.0 Å². The summed E-state index contributed by atoms with van der Waals surface area (Å²) in [6, 6.07) is 5.10. The maximum absolute atomic E-state index is 12.2. The number of aliphatic hydroxyl groups is 1. The zero-order chi connectivity index (χ0) is 15.8. The lowest BCUT2D eigenvalue weighted by molar-refractivity contribution is -0.120. The Hall–Kier alpha value is -1.79. The first kappa shape index (κ1) is 17.3. The van der Waals surface area contributed by atoms with Crippen LogP contribution in [0.3, 0.4) is 0 Å². The molecule has 4 N–H and O–H groups in total. The van der Waals surface area contributed by atoms with Gasteiger partial charge in [-0.3, -0.25) is 4.79 Å². The maximum Gasteiger partial charge on any atom is 0.229 e. The summed E-state index contributed by atoms with van der Waals surface area (Å²) in [5.41, 5.74) is 6.24. The Morgan fingerprint density at radius 2 is 2.10 bits per heavy atom. The van der Waals surface area contributed by atoms with Crippen LogP contribution in [0.2, 0.25) is 0 Å². The lowest BCUT2D eigenvalue weighted by atomic mass is 9.95. The van der Waals surface area contributed by atoms with Gasteiger partial charge in [-0.1, -0.05) is 13.8 Å². The van der Waals surface area contributed by atoms with Crippen molar-refractivity contribution in [1.82, 2.24) is 0 Å². The smallest absolute Gasteiger partial charge is 0.229 e. The summed E-state index contributed by atoms with van der Waals surface area (Å²) < 4.78 is 10.6. The molecule has 1 rings (SSSR count). The molecule has 0 heterocycles. The SMILES string of the molecule is COc1ccc(NC(=O)C(CN)C(C)C)cc1OCCO. The molecule has 1 amide bonds. The number of anilines is 1. The third-order valence-corrected chi connectivity index (χ3v) is 3.18. The van der Waals surface area contributed by atoms with E-state index >= 15 is 0 Å². The number of amides is 1. The standard InChI is InChI=1S/C15H24N2O4/c1-10(2)12(9-16)15(19)17-11-4-5-13(20-3)14(8-11)21-7-6-18/h4-5,8,10,12,18H,6-7,9,16H2,1-3H3,(H,17,19). The highest BCUT2D eigenvalue weighted by Crippen LogP contribution is 2.30. The van der Waals surface area contributed by atoms with E-state index in [0.29, 0.717) is 23.7 Å². The van der Waals surface area contributed by atoms with Crippen molar-refractivity contribution >= 4 is 11.6 Å². The van der Waals surface area contributed by atoms with Crippen molar-refractivity contribution in [1.29, 1.82) is 0 Å². The van der Waals surface area contributed by atoms with Crippen LogP contribution in [0.5, 0.6) is 11.5 Å². The molecule has 0 fully saturated rings. The molecular weight excluding hydrogens is 272 g/mol. The number of carbonyl (C=O) groups excluding carboxylic acids is 1. The number of rotatable bonds is 8. The Bertz CT molecular complexity index is 463. The van der Waals surface area contributed by atoms with Crippen molar-refractivity contribution in [3.05, 3.63) is 18.2 Å². The number of aliphatic hydroxyl groups excluding tert-OH is 1. The number of nitrogens with one attached hydrogen (secondary N) is 1. The van der Waals surface area contributed by atoms with E-state index in [2.05, 4.69) is 5.32 Å². The molecule has 1 unspecified atom stereocenters. The van der Waals surface area contributed by atoms with Gasteiger partial charge in [0.15, 0.2) is 11.5 Å². The van der Waals surface area contributed by atoms with Crippen LogP contribution in [0.15, 0.2) is 18.2 Å². The Balaban J connectivity index is 2.86. The fourth-order valence-corrected chi connectivity index (χ4v) is 1.94. The summed E-state index contributed by atoms with van der Waals surface area (Å²) in [7, 11) is 1.53. The van der Waals surface area contributed by atoms with Crippen molar-refractivity contribution in [2.75, 3.05) is 32.2 Å². The number of nitrogens with two attached hydrogens (primary N) is 1. The van der Waals surface area contributed by atoms with Gasteiger partial charge < -0.3 is 25.6 Å². The van der Waals surface area contributed by atoms with Gasteiger partial charge in [-0.05, 0) is 18.1 Å². The molecule has 118 valence electrons. The Kier molecular flexibility index (Phi) is 6.98. The second-order valence-electron chi connectivity index (χ2n) is 5.01. The first-order valence-electron chi connectivity index (χ1n) is 6.96. The monoisotopic (exact) mass is 296 g/mol. The van der Waals surface area contributed by atoms with Gasteiger partial charge in [-0.25, -0.2) is 0 Å². The molecule has 0 spiro atoms. The first-order chi connectivity index (χ1) is 10.0. The molecule has 0 saturated carbocycles. The molecule has 0 bridgehead atoms. The number of ether oxygens (including phenoxy) is 2. The minimum Gasteiger partial charge on any atom is -0.493 e. The van der Waals surface area contributed by atoms with Crippen LogP contribution in [0.25, 0.3) is 0 Å². The molecule has 0 aliphatic rings. The summed E-state index contributed by atoms with van der Waals surface area (Å²) in [4.78, 5) is 12.2. The molecule has 0 radical (unpaired) electrons. The Labute approximate surface area is 125 Å². The predicted octanol–water partition coefficient (Wildman–Crippen LogP) is 1.24. The van der Waals surface area contributed by atoms with Crippen LogP contribution in [0.4, 0.5) is 5.69 Å². The Morgan fingerprint density at radius 1 is 1.38 bits per heavy atom. The number of hydrogen-bond donors (Lipinski definition) is 3. The molecule has 6 nitrogen and oxygen atoms in total. The van der Waals surface area contributed by atoms with Gasteiger partial charge >= 0.3 is 0 Å². The largest absolute Gasteiger partial charge is 0.493 e. The fraction of sp³-hybridized carbons (Fsp3) is 0.533. The Morgan fingerprint density at radius 3 is 2.62 bits per heavy atom. The van der Waals surface area contributed by atoms with E-state index in [1.165, 1.54) is 7.11 Å². The van der Waals surface area contributed by atoms with Crippen molar-refractivity contribution in [3.8, 4) is 11.5 Å². The van der Waals surface area contributed by atoms with Gasteiger partial charge in [-0.15, -0.1) is 0 Å². The second-order valence-corrected chi connectivity index (χ2v) is 5.01. The lowest BCUT2D eigenvalue weighted by Crippen LogP contribution is -2.33. The van der Waals surface area contributed by atoms with Crippen LogP contribution in [0, 0.1) is 11.8 Å². The van der Waals surface area contributed by atoms with E-state index < -0.39 is 0 Å². The predicted molar refractivity (Wildman–Crippen MR) is 81.6 cm³/mol. The molecular formula is C15H24N2O4. The van der Waals surface area contributed by atoms with Crippen molar-refractivity contribution in [2.24, 2.45) is 17.6 Å². The minimum absolute atomic E-state index is 0.0949. The minimum atomic E-state index is -0.242. The van der Waals surface area contributed by atoms with Crippen LogP contribution in [0.1, 0.15) is 13.8 Å². The van der Waals surface area contributed by atoms with Crippen molar-refractivity contribution < 1.29 is 19.4 Å². The number of benzene rings is 1. The number of methoxy groups -OCH3 is 1. The van der Waals surface area contributed by atoms with Gasteiger partial charge in [-0.2, -0.15) is 0 Å². The highest BCUT2D eigenvalue weighted by atomic mass is 16.5. The summed E-state index contributed by atoms with van der Waals surface area (Å²) in [6.45, 7) is 4.28.